The fourth-order valence-corrected chi connectivity index (χ4v) is 5.52. The molecular weight excluding hydrogens is 390 g/mol. The first-order chi connectivity index (χ1) is 14.1. The molecule has 2 aliphatic heterocycles. The Hall–Kier alpha value is -2.68. The van der Waals surface area contributed by atoms with E-state index >= 15 is 0 Å². The maximum atomic E-state index is 13.3. The lowest BCUT2D eigenvalue weighted by atomic mass is 10.2. The van der Waals surface area contributed by atoms with Crippen LogP contribution in [0.2, 0.25) is 0 Å². The van der Waals surface area contributed by atoms with Crippen molar-refractivity contribution in [2.24, 2.45) is 0 Å². The van der Waals surface area contributed by atoms with Crippen LogP contribution in [0.3, 0.4) is 0 Å². The lowest BCUT2D eigenvalue weighted by molar-refractivity contribution is 0.173. The molecule has 150 valence electrons. The van der Waals surface area contributed by atoms with Crippen molar-refractivity contribution >= 4 is 20.8 Å². The molecule has 0 radical (unpaired) electrons. The summed E-state index contributed by atoms with van der Waals surface area (Å²) in [4.78, 5) is 6.70. The Bertz CT molecular complexity index is 1150. The van der Waals surface area contributed by atoms with E-state index < -0.39 is 10.0 Å². The van der Waals surface area contributed by atoms with Gasteiger partial charge in [0, 0.05) is 55.9 Å². The van der Waals surface area contributed by atoms with Gasteiger partial charge in [-0.3, -0.25) is 9.88 Å². The number of fused-ring (bicyclic) bond motifs is 2. The summed E-state index contributed by atoms with van der Waals surface area (Å²) in [7, 11) is -3.55. The van der Waals surface area contributed by atoms with Gasteiger partial charge in [0.15, 0.2) is 11.5 Å². The Morgan fingerprint density at radius 1 is 0.966 bits per heavy atom. The number of rotatable bonds is 4. The largest absolute Gasteiger partial charge is 0.454 e. The molecule has 8 heteroatoms. The van der Waals surface area contributed by atoms with E-state index in [4.69, 9.17) is 9.47 Å². The number of hydrogen-bond donors (Lipinski definition) is 0. The SMILES string of the molecule is O=S(=O)(c1cccc2cnccc12)N1CCN(Cc2ccc3c(c2)OCO3)CC1. The van der Waals surface area contributed by atoms with E-state index in [0.717, 1.165) is 29.0 Å². The summed E-state index contributed by atoms with van der Waals surface area (Å²) in [5.74, 6) is 1.55. The van der Waals surface area contributed by atoms with Gasteiger partial charge >= 0.3 is 0 Å². The van der Waals surface area contributed by atoms with Crippen molar-refractivity contribution in [3.8, 4) is 11.5 Å². The number of pyridine rings is 1. The van der Waals surface area contributed by atoms with Gasteiger partial charge in [0.1, 0.15) is 0 Å². The zero-order chi connectivity index (χ0) is 19.8. The Balaban J connectivity index is 1.30. The molecule has 0 amide bonds. The first kappa shape index (κ1) is 18.4. The second-order valence-corrected chi connectivity index (χ2v) is 9.13. The maximum Gasteiger partial charge on any atom is 0.243 e. The van der Waals surface area contributed by atoms with Crippen LogP contribution in [-0.4, -0.2) is 55.6 Å². The fourth-order valence-electron chi connectivity index (χ4n) is 3.88. The maximum absolute atomic E-state index is 13.3. The third-order valence-corrected chi connectivity index (χ3v) is 7.39. The molecule has 0 unspecified atom stereocenters. The number of benzene rings is 2. The van der Waals surface area contributed by atoms with Crippen LogP contribution in [0.15, 0.2) is 59.8 Å². The number of hydrogen-bond acceptors (Lipinski definition) is 6. The van der Waals surface area contributed by atoms with Crippen LogP contribution in [-0.2, 0) is 16.6 Å². The molecule has 2 aliphatic rings. The molecule has 3 aromatic rings. The van der Waals surface area contributed by atoms with Gasteiger partial charge in [0.2, 0.25) is 16.8 Å². The predicted octanol–water partition coefficient (Wildman–Crippen LogP) is 2.47. The average molecular weight is 411 g/mol. The minimum Gasteiger partial charge on any atom is -0.454 e. The molecule has 29 heavy (non-hydrogen) atoms. The third-order valence-electron chi connectivity index (χ3n) is 5.43. The van der Waals surface area contributed by atoms with E-state index in [1.165, 1.54) is 0 Å². The molecule has 0 N–H and O–H groups in total. The van der Waals surface area contributed by atoms with Crippen LogP contribution in [0.25, 0.3) is 10.8 Å². The highest BCUT2D eigenvalue weighted by Crippen LogP contribution is 2.33. The molecule has 0 bridgehead atoms. The summed E-state index contributed by atoms with van der Waals surface area (Å²) in [5.41, 5.74) is 1.13. The molecule has 2 aromatic carbocycles. The van der Waals surface area contributed by atoms with Crippen LogP contribution in [0.1, 0.15) is 5.56 Å². The van der Waals surface area contributed by atoms with E-state index in [0.29, 0.717) is 36.5 Å². The molecule has 3 heterocycles. The van der Waals surface area contributed by atoms with Crippen LogP contribution in [0, 0.1) is 0 Å². The van der Waals surface area contributed by atoms with Crippen molar-refractivity contribution in [3.05, 3.63) is 60.4 Å². The van der Waals surface area contributed by atoms with Crippen LogP contribution >= 0.6 is 0 Å². The summed E-state index contributed by atoms with van der Waals surface area (Å²) < 4.78 is 38.9. The van der Waals surface area contributed by atoms with E-state index in [1.807, 2.05) is 24.3 Å². The number of aromatic nitrogens is 1. The van der Waals surface area contributed by atoms with E-state index in [1.54, 1.807) is 34.9 Å². The summed E-state index contributed by atoms with van der Waals surface area (Å²) in [6.45, 7) is 3.31. The van der Waals surface area contributed by atoms with Gasteiger partial charge in [-0.1, -0.05) is 18.2 Å². The fraction of sp³-hybridized carbons (Fsp3) is 0.286. The highest BCUT2D eigenvalue weighted by Gasteiger charge is 2.29. The monoisotopic (exact) mass is 411 g/mol. The normalized spacial score (nSPS) is 17.7. The first-order valence-corrected chi connectivity index (χ1v) is 11.0. The lowest BCUT2D eigenvalue weighted by Gasteiger charge is -2.34. The predicted molar refractivity (Wildman–Crippen MR) is 108 cm³/mol. The number of sulfonamides is 1. The first-order valence-electron chi connectivity index (χ1n) is 9.55. The van der Waals surface area contributed by atoms with Crippen molar-refractivity contribution in [2.45, 2.75) is 11.4 Å². The molecular formula is C21H21N3O4S. The van der Waals surface area contributed by atoms with Crippen LogP contribution in [0.4, 0.5) is 0 Å². The molecule has 0 saturated carbocycles. The minimum atomic E-state index is -3.55. The van der Waals surface area contributed by atoms with Gasteiger partial charge in [0.25, 0.3) is 0 Å². The van der Waals surface area contributed by atoms with E-state index in [9.17, 15) is 8.42 Å². The average Bonchev–Trinajstić information content (AvgIpc) is 3.21. The zero-order valence-electron chi connectivity index (χ0n) is 15.8. The topological polar surface area (TPSA) is 72.0 Å². The van der Waals surface area contributed by atoms with Crippen molar-refractivity contribution in [3.63, 3.8) is 0 Å². The van der Waals surface area contributed by atoms with Crippen molar-refractivity contribution in [1.29, 1.82) is 0 Å². The highest BCUT2D eigenvalue weighted by atomic mass is 32.2. The summed E-state index contributed by atoms with van der Waals surface area (Å²) in [5, 5.41) is 1.54. The minimum absolute atomic E-state index is 0.263. The number of piperazine rings is 1. The van der Waals surface area contributed by atoms with Gasteiger partial charge < -0.3 is 9.47 Å². The number of ether oxygens (including phenoxy) is 2. The van der Waals surface area contributed by atoms with E-state index in [-0.39, 0.29) is 6.79 Å². The Morgan fingerprint density at radius 2 is 1.79 bits per heavy atom. The summed E-state index contributed by atoms with van der Waals surface area (Å²) in [6, 6.07) is 13.0. The molecule has 7 nitrogen and oxygen atoms in total. The number of nitrogens with zero attached hydrogens (tertiary/aromatic N) is 3. The van der Waals surface area contributed by atoms with Crippen molar-refractivity contribution < 1.29 is 17.9 Å². The third kappa shape index (κ3) is 3.43. The highest BCUT2D eigenvalue weighted by molar-refractivity contribution is 7.89. The van der Waals surface area contributed by atoms with Crippen molar-refractivity contribution in [1.82, 2.24) is 14.2 Å². The molecule has 1 fully saturated rings. The quantitative estimate of drug-likeness (QED) is 0.657. The molecule has 0 aliphatic carbocycles. The molecule has 1 saturated heterocycles. The second kappa shape index (κ2) is 7.29. The molecule has 0 spiro atoms. The van der Waals surface area contributed by atoms with Crippen molar-refractivity contribution in [2.75, 3.05) is 33.0 Å². The van der Waals surface area contributed by atoms with Gasteiger partial charge in [-0.15, -0.1) is 0 Å². The van der Waals surface area contributed by atoms with Gasteiger partial charge in [0.05, 0.1) is 4.90 Å². The Labute approximate surface area is 169 Å². The lowest BCUT2D eigenvalue weighted by Crippen LogP contribution is -2.48. The second-order valence-electron chi connectivity index (χ2n) is 7.22. The zero-order valence-corrected chi connectivity index (χ0v) is 16.6. The standard InChI is InChI=1S/C21H21N3O4S/c25-29(26,21-3-1-2-17-13-22-7-6-18(17)21)24-10-8-23(9-11-24)14-16-4-5-19-20(12-16)28-15-27-19/h1-7,12-13H,8-11,14-15H2. The molecule has 0 atom stereocenters. The van der Waals surface area contributed by atoms with E-state index in [2.05, 4.69) is 9.88 Å². The molecule has 5 rings (SSSR count). The van der Waals surface area contributed by atoms with Gasteiger partial charge in [-0.25, -0.2) is 8.42 Å². The summed E-state index contributed by atoms with van der Waals surface area (Å²) in [6.07, 6.45) is 3.32. The van der Waals surface area contributed by atoms with Gasteiger partial charge in [-0.2, -0.15) is 4.31 Å². The Morgan fingerprint density at radius 3 is 2.66 bits per heavy atom. The van der Waals surface area contributed by atoms with Crippen LogP contribution in [0.5, 0.6) is 11.5 Å². The van der Waals surface area contributed by atoms with Crippen LogP contribution < -0.4 is 9.47 Å². The molecule has 1 aromatic heterocycles. The van der Waals surface area contributed by atoms with Gasteiger partial charge in [-0.05, 0) is 29.8 Å². The Kier molecular flexibility index (Phi) is 4.61. The smallest absolute Gasteiger partial charge is 0.243 e. The summed E-state index contributed by atoms with van der Waals surface area (Å²) >= 11 is 0.